The van der Waals surface area contributed by atoms with Gasteiger partial charge in [0.15, 0.2) is 4.80 Å². The number of nitrogens with one attached hydrogen (secondary N) is 1. The zero-order valence-corrected chi connectivity index (χ0v) is 12.4. The van der Waals surface area contributed by atoms with Crippen LogP contribution in [0.25, 0.3) is 16.9 Å². The van der Waals surface area contributed by atoms with Crippen LogP contribution in [-0.4, -0.2) is 4.57 Å². The van der Waals surface area contributed by atoms with Crippen molar-refractivity contribution in [1.29, 1.82) is 5.41 Å². The van der Waals surface area contributed by atoms with Gasteiger partial charge in [0.05, 0.1) is 5.69 Å². The van der Waals surface area contributed by atoms with Crippen LogP contribution in [0.2, 0.25) is 0 Å². The Bertz CT molecular complexity index is 742. The molecule has 19 heavy (non-hydrogen) atoms. The summed E-state index contributed by atoms with van der Waals surface area (Å²) in [5, 5.41) is 10.1. The summed E-state index contributed by atoms with van der Waals surface area (Å²) < 4.78 is 3.03. The Kier molecular flexibility index (Phi) is 3.36. The molecule has 0 saturated carbocycles. The molecule has 0 aliphatic heterocycles. The van der Waals surface area contributed by atoms with Crippen molar-refractivity contribution in [2.75, 3.05) is 0 Å². The molecule has 0 unspecified atom stereocenters. The number of nitrogens with zero attached hydrogens (tertiary/aromatic N) is 1. The van der Waals surface area contributed by atoms with E-state index in [1.165, 1.54) is 11.3 Å². The van der Waals surface area contributed by atoms with Crippen LogP contribution in [0.5, 0.6) is 0 Å². The van der Waals surface area contributed by atoms with E-state index in [-0.39, 0.29) is 0 Å². The fourth-order valence-electron chi connectivity index (χ4n) is 1.98. The second kappa shape index (κ2) is 5.15. The van der Waals surface area contributed by atoms with Gasteiger partial charge < -0.3 is 0 Å². The van der Waals surface area contributed by atoms with Gasteiger partial charge in [-0.05, 0) is 29.8 Å². The minimum atomic E-state index is 0.532. The van der Waals surface area contributed by atoms with Gasteiger partial charge in [0.2, 0.25) is 0 Å². The molecule has 0 saturated heterocycles. The number of hydrogen-bond donors (Lipinski definition) is 1. The molecule has 4 heteroatoms. The predicted octanol–water partition coefficient (Wildman–Crippen LogP) is 4.45. The highest BCUT2D eigenvalue weighted by Crippen LogP contribution is 2.24. The second-order valence-electron chi connectivity index (χ2n) is 4.10. The van der Waals surface area contributed by atoms with E-state index >= 15 is 0 Å². The number of benzene rings is 2. The lowest BCUT2D eigenvalue weighted by atomic mass is 10.1. The second-order valence-corrected chi connectivity index (χ2v) is 5.88. The van der Waals surface area contributed by atoms with E-state index in [0.717, 1.165) is 21.4 Å². The van der Waals surface area contributed by atoms with Gasteiger partial charge in [-0.15, -0.1) is 11.3 Å². The Balaban J connectivity index is 2.19. The average molecular weight is 331 g/mol. The minimum Gasteiger partial charge on any atom is -0.286 e. The first kappa shape index (κ1) is 12.4. The molecule has 0 fully saturated rings. The van der Waals surface area contributed by atoms with Crippen molar-refractivity contribution >= 4 is 27.3 Å². The van der Waals surface area contributed by atoms with Crippen LogP contribution >= 0.6 is 27.3 Å². The summed E-state index contributed by atoms with van der Waals surface area (Å²) in [6.07, 6.45) is 0. The van der Waals surface area contributed by atoms with Crippen molar-refractivity contribution in [3.05, 3.63) is 69.3 Å². The first-order valence-corrected chi connectivity index (χ1v) is 7.49. The Morgan fingerprint density at radius 2 is 1.63 bits per heavy atom. The maximum atomic E-state index is 8.09. The van der Waals surface area contributed by atoms with Gasteiger partial charge in [0.25, 0.3) is 0 Å². The highest BCUT2D eigenvalue weighted by molar-refractivity contribution is 9.10. The highest BCUT2D eigenvalue weighted by Gasteiger charge is 2.08. The molecule has 0 atom stereocenters. The van der Waals surface area contributed by atoms with Gasteiger partial charge in [0.1, 0.15) is 0 Å². The van der Waals surface area contributed by atoms with Gasteiger partial charge in [-0.25, -0.2) is 0 Å². The van der Waals surface area contributed by atoms with E-state index < -0.39 is 0 Å². The molecule has 0 spiro atoms. The van der Waals surface area contributed by atoms with Crippen LogP contribution in [0.15, 0.2) is 64.5 Å². The number of para-hydroxylation sites is 1. The summed E-state index contributed by atoms with van der Waals surface area (Å²) in [5.74, 6) is 0. The van der Waals surface area contributed by atoms with Crippen LogP contribution < -0.4 is 4.80 Å². The molecule has 0 aliphatic rings. The maximum absolute atomic E-state index is 8.09. The van der Waals surface area contributed by atoms with E-state index in [2.05, 4.69) is 28.1 Å². The fraction of sp³-hybridized carbons (Fsp3) is 0. The van der Waals surface area contributed by atoms with Crippen LogP contribution in [0.1, 0.15) is 0 Å². The van der Waals surface area contributed by atoms with Crippen LogP contribution in [0.3, 0.4) is 0 Å². The molecule has 3 aromatic rings. The molecule has 1 aromatic heterocycles. The molecule has 0 bridgehead atoms. The Hall–Kier alpha value is -1.65. The number of hydrogen-bond acceptors (Lipinski definition) is 2. The largest absolute Gasteiger partial charge is 0.286 e. The third-order valence-electron chi connectivity index (χ3n) is 2.88. The van der Waals surface area contributed by atoms with Crippen LogP contribution in [0.4, 0.5) is 0 Å². The van der Waals surface area contributed by atoms with E-state index in [4.69, 9.17) is 5.41 Å². The number of rotatable bonds is 2. The summed E-state index contributed by atoms with van der Waals surface area (Å²) in [5.41, 5.74) is 3.18. The first-order chi connectivity index (χ1) is 9.25. The number of thiazole rings is 1. The van der Waals surface area contributed by atoms with Crippen molar-refractivity contribution in [3.8, 4) is 16.9 Å². The van der Waals surface area contributed by atoms with Gasteiger partial charge in [-0.1, -0.05) is 46.3 Å². The zero-order valence-electron chi connectivity index (χ0n) is 10.0. The highest BCUT2D eigenvalue weighted by atomic mass is 79.9. The quantitative estimate of drug-likeness (QED) is 0.719. The summed E-state index contributed by atoms with van der Waals surface area (Å²) in [4.78, 5) is 0.532. The summed E-state index contributed by atoms with van der Waals surface area (Å²) >= 11 is 4.89. The first-order valence-electron chi connectivity index (χ1n) is 5.82. The minimum absolute atomic E-state index is 0.532. The SMILES string of the molecule is N=c1scc(-c2ccc(Br)cc2)n1-c1ccccc1. The van der Waals surface area contributed by atoms with Crippen molar-refractivity contribution in [3.63, 3.8) is 0 Å². The molecule has 2 nitrogen and oxygen atoms in total. The molecule has 0 amide bonds. The molecular weight excluding hydrogens is 320 g/mol. The van der Waals surface area contributed by atoms with E-state index in [0.29, 0.717) is 4.80 Å². The molecule has 94 valence electrons. The summed E-state index contributed by atoms with van der Waals surface area (Å²) in [6, 6.07) is 18.2. The molecule has 1 heterocycles. The third-order valence-corrected chi connectivity index (χ3v) is 4.16. The van der Waals surface area contributed by atoms with E-state index in [9.17, 15) is 0 Å². The van der Waals surface area contributed by atoms with Gasteiger partial charge in [-0.3, -0.25) is 9.98 Å². The molecule has 3 rings (SSSR count). The maximum Gasteiger partial charge on any atom is 0.187 e. The predicted molar refractivity (Wildman–Crippen MR) is 82.6 cm³/mol. The van der Waals surface area contributed by atoms with Crippen molar-refractivity contribution < 1.29 is 0 Å². The standard InChI is InChI=1S/C15H11BrN2S/c16-12-8-6-11(7-9-12)14-10-19-15(17)18(14)13-4-2-1-3-5-13/h1-10,17H. The Morgan fingerprint density at radius 1 is 0.947 bits per heavy atom. The lowest BCUT2D eigenvalue weighted by Crippen LogP contribution is -2.11. The topological polar surface area (TPSA) is 28.8 Å². The lowest BCUT2D eigenvalue weighted by Gasteiger charge is -2.08. The normalized spacial score (nSPS) is 10.6. The van der Waals surface area contributed by atoms with Crippen molar-refractivity contribution in [2.24, 2.45) is 0 Å². The van der Waals surface area contributed by atoms with Gasteiger partial charge >= 0.3 is 0 Å². The molecule has 1 N–H and O–H groups in total. The fourth-order valence-corrected chi connectivity index (χ4v) is 3.02. The molecule has 0 aliphatic carbocycles. The van der Waals surface area contributed by atoms with Crippen LogP contribution in [-0.2, 0) is 0 Å². The van der Waals surface area contributed by atoms with E-state index in [1.54, 1.807) is 0 Å². The smallest absolute Gasteiger partial charge is 0.187 e. The van der Waals surface area contributed by atoms with Crippen molar-refractivity contribution in [1.82, 2.24) is 4.57 Å². The Labute approximate surface area is 123 Å². The Morgan fingerprint density at radius 3 is 2.32 bits per heavy atom. The third kappa shape index (κ3) is 2.41. The summed E-state index contributed by atoms with van der Waals surface area (Å²) in [6.45, 7) is 0. The van der Waals surface area contributed by atoms with Crippen LogP contribution in [0, 0.1) is 5.41 Å². The van der Waals surface area contributed by atoms with Gasteiger partial charge in [0, 0.05) is 15.5 Å². The molecular formula is C15H11BrN2S. The van der Waals surface area contributed by atoms with E-state index in [1.807, 2.05) is 52.4 Å². The van der Waals surface area contributed by atoms with Crippen molar-refractivity contribution in [2.45, 2.75) is 0 Å². The number of halogens is 1. The summed E-state index contributed by atoms with van der Waals surface area (Å²) in [7, 11) is 0. The zero-order chi connectivity index (χ0) is 13.2. The molecule has 2 aromatic carbocycles. The molecule has 0 radical (unpaired) electrons. The van der Waals surface area contributed by atoms with Gasteiger partial charge in [-0.2, -0.15) is 0 Å². The monoisotopic (exact) mass is 330 g/mol. The average Bonchev–Trinajstić information content (AvgIpc) is 2.82. The number of aromatic nitrogens is 1. The lowest BCUT2D eigenvalue weighted by molar-refractivity contribution is 0.987.